The molecule has 5 nitrogen and oxygen atoms in total. The number of nitrogens with one attached hydrogen (secondary N) is 2. The van der Waals surface area contributed by atoms with Crippen LogP contribution in [0.2, 0.25) is 0 Å². The van der Waals surface area contributed by atoms with Gasteiger partial charge >= 0.3 is 5.69 Å². The van der Waals surface area contributed by atoms with E-state index in [1.165, 1.54) is 17.8 Å². The molecule has 1 aromatic carbocycles. The van der Waals surface area contributed by atoms with Crippen molar-refractivity contribution in [1.29, 1.82) is 0 Å². The molecule has 0 saturated heterocycles. The van der Waals surface area contributed by atoms with Crippen LogP contribution in [0.5, 0.6) is 0 Å². The van der Waals surface area contributed by atoms with Crippen LogP contribution in [0.25, 0.3) is 6.08 Å². The van der Waals surface area contributed by atoms with E-state index in [1.54, 1.807) is 24.3 Å². The quantitative estimate of drug-likeness (QED) is 0.902. The normalized spacial score (nSPS) is 10.6. The van der Waals surface area contributed by atoms with Gasteiger partial charge in [0, 0.05) is 22.9 Å². The predicted molar refractivity (Wildman–Crippen MR) is 74.1 cm³/mol. The Kier molecular flexibility index (Phi) is 4.10. The monoisotopic (exact) mass is 275 g/mol. The minimum absolute atomic E-state index is 0.255. The van der Waals surface area contributed by atoms with Gasteiger partial charge in [0.05, 0.1) is 0 Å². The average molecular weight is 276 g/mol. The van der Waals surface area contributed by atoms with Crippen LogP contribution in [0.4, 0.5) is 5.82 Å². The van der Waals surface area contributed by atoms with Gasteiger partial charge in [-0.3, -0.25) is 9.78 Å². The van der Waals surface area contributed by atoms with Crippen molar-refractivity contribution >= 4 is 29.4 Å². The molecule has 1 aromatic heterocycles. The number of aromatic amines is 1. The van der Waals surface area contributed by atoms with Gasteiger partial charge in [0.1, 0.15) is 5.82 Å². The topological polar surface area (TPSA) is 74.8 Å². The molecule has 2 rings (SSSR count). The first-order valence-corrected chi connectivity index (χ1v) is 5.87. The highest BCUT2D eigenvalue weighted by Crippen LogP contribution is 2.12. The molecule has 0 aliphatic heterocycles. The van der Waals surface area contributed by atoms with E-state index in [9.17, 15) is 9.59 Å². The number of aromatic nitrogens is 2. The van der Waals surface area contributed by atoms with Gasteiger partial charge in [-0.2, -0.15) is 0 Å². The molecule has 2 aromatic rings. The van der Waals surface area contributed by atoms with Gasteiger partial charge < -0.3 is 5.32 Å². The second kappa shape index (κ2) is 5.97. The number of halogens is 1. The van der Waals surface area contributed by atoms with Crippen LogP contribution in [0, 0.1) is 0 Å². The molecule has 0 spiro atoms. The van der Waals surface area contributed by atoms with E-state index in [2.05, 4.69) is 15.3 Å². The standard InChI is InChI=1S/C13H10ClN3O2/c14-7-6-10-8-15-13(19)17-11(10)16-12(18)9-4-2-1-3-5-9/h1-8H,(H2,15,16,17,18,19). The Bertz CT molecular complexity index is 665. The van der Waals surface area contributed by atoms with E-state index in [0.29, 0.717) is 11.1 Å². The second-order valence-electron chi connectivity index (χ2n) is 3.63. The number of H-pyrrole nitrogens is 1. The van der Waals surface area contributed by atoms with Crippen molar-refractivity contribution in [3.8, 4) is 0 Å². The third-order valence-corrected chi connectivity index (χ3v) is 2.48. The maximum atomic E-state index is 12.0. The van der Waals surface area contributed by atoms with Crippen LogP contribution in [0.15, 0.2) is 46.9 Å². The molecule has 2 N–H and O–H groups in total. The fourth-order valence-electron chi connectivity index (χ4n) is 1.48. The van der Waals surface area contributed by atoms with Crippen LogP contribution in [0.1, 0.15) is 15.9 Å². The molecule has 0 bridgehead atoms. The zero-order valence-corrected chi connectivity index (χ0v) is 10.5. The van der Waals surface area contributed by atoms with Gasteiger partial charge in [0.15, 0.2) is 0 Å². The number of hydrogen-bond acceptors (Lipinski definition) is 3. The van der Waals surface area contributed by atoms with Crippen LogP contribution in [-0.4, -0.2) is 15.9 Å². The Labute approximate surface area is 114 Å². The molecule has 1 amide bonds. The smallest absolute Gasteiger partial charge is 0.307 e. The lowest BCUT2D eigenvalue weighted by molar-refractivity contribution is 0.102. The molecule has 0 aliphatic rings. The Balaban J connectivity index is 2.30. The molecular formula is C13H10ClN3O2. The SMILES string of the molecule is O=C(Nc1[nH]c(=O)ncc1C=CCl)c1ccccc1. The second-order valence-corrected chi connectivity index (χ2v) is 3.88. The number of carbonyl (C=O) groups is 1. The fraction of sp³-hybridized carbons (Fsp3) is 0. The van der Waals surface area contributed by atoms with Gasteiger partial charge in [0.25, 0.3) is 5.91 Å². The summed E-state index contributed by atoms with van der Waals surface area (Å²) < 4.78 is 0. The van der Waals surface area contributed by atoms with E-state index < -0.39 is 5.69 Å². The summed E-state index contributed by atoms with van der Waals surface area (Å²) in [5, 5.41) is 2.61. The Morgan fingerprint density at radius 1 is 1.32 bits per heavy atom. The minimum Gasteiger partial charge on any atom is -0.307 e. The molecule has 0 atom stereocenters. The summed E-state index contributed by atoms with van der Waals surface area (Å²) in [5.41, 5.74) is 1.72. The highest BCUT2D eigenvalue weighted by Gasteiger charge is 2.08. The predicted octanol–water partition coefficient (Wildman–Crippen LogP) is 2.23. The summed E-state index contributed by atoms with van der Waals surface area (Å²) in [5.74, 6) is -0.0718. The first-order valence-electron chi connectivity index (χ1n) is 5.43. The van der Waals surface area contributed by atoms with E-state index in [0.717, 1.165) is 0 Å². The average Bonchev–Trinajstić information content (AvgIpc) is 2.43. The molecule has 1 heterocycles. The number of carbonyl (C=O) groups excluding carboxylic acids is 1. The van der Waals surface area contributed by atoms with Crippen LogP contribution in [-0.2, 0) is 0 Å². The fourth-order valence-corrected chi connectivity index (χ4v) is 1.61. The molecule has 0 unspecified atom stereocenters. The Morgan fingerprint density at radius 3 is 2.74 bits per heavy atom. The van der Waals surface area contributed by atoms with E-state index in [1.807, 2.05) is 6.07 Å². The van der Waals surface area contributed by atoms with Crippen molar-refractivity contribution in [2.45, 2.75) is 0 Å². The van der Waals surface area contributed by atoms with E-state index in [-0.39, 0.29) is 11.7 Å². The number of amides is 1. The highest BCUT2D eigenvalue weighted by atomic mass is 35.5. The molecule has 0 radical (unpaired) electrons. The summed E-state index contributed by atoms with van der Waals surface area (Å²) in [7, 11) is 0. The van der Waals surface area contributed by atoms with Crippen LogP contribution < -0.4 is 11.0 Å². The summed E-state index contributed by atoms with van der Waals surface area (Å²) >= 11 is 5.49. The zero-order valence-electron chi connectivity index (χ0n) is 9.76. The molecule has 0 aliphatic carbocycles. The Hall–Kier alpha value is -2.40. The van der Waals surface area contributed by atoms with E-state index >= 15 is 0 Å². The summed E-state index contributed by atoms with van der Waals surface area (Å²) in [6, 6.07) is 8.66. The van der Waals surface area contributed by atoms with Crippen molar-refractivity contribution in [3.63, 3.8) is 0 Å². The number of nitrogens with zero attached hydrogens (tertiary/aromatic N) is 1. The first-order chi connectivity index (χ1) is 9.20. The minimum atomic E-state index is -0.546. The lowest BCUT2D eigenvalue weighted by Crippen LogP contribution is -2.19. The van der Waals surface area contributed by atoms with Crippen molar-refractivity contribution in [3.05, 3.63) is 63.7 Å². The molecule has 19 heavy (non-hydrogen) atoms. The Morgan fingerprint density at radius 2 is 2.05 bits per heavy atom. The van der Waals surface area contributed by atoms with Crippen LogP contribution in [0.3, 0.4) is 0 Å². The van der Waals surface area contributed by atoms with Crippen molar-refractivity contribution in [2.24, 2.45) is 0 Å². The number of rotatable bonds is 3. The number of anilines is 1. The molecule has 0 saturated carbocycles. The van der Waals surface area contributed by atoms with Gasteiger partial charge in [-0.05, 0) is 18.2 Å². The number of hydrogen-bond donors (Lipinski definition) is 2. The van der Waals surface area contributed by atoms with Crippen molar-refractivity contribution in [2.75, 3.05) is 5.32 Å². The van der Waals surface area contributed by atoms with Gasteiger partial charge in [-0.1, -0.05) is 29.8 Å². The first kappa shape index (κ1) is 13.0. The van der Waals surface area contributed by atoms with Crippen molar-refractivity contribution < 1.29 is 4.79 Å². The zero-order chi connectivity index (χ0) is 13.7. The van der Waals surface area contributed by atoms with Gasteiger partial charge in [-0.15, -0.1) is 0 Å². The summed E-state index contributed by atoms with van der Waals surface area (Å²) in [4.78, 5) is 29.2. The van der Waals surface area contributed by atoms with Crippen molar-refractivity contribution in [1.82, 2.24) is 9.97 Å². The molecular weight excluding hydrogens is 266 g/mol. The summed E-state index contributed by atoms with van der Waals surface area (Å²) in [6.07, 6.45) is 2.85. The third-order valence-electron chi connectivity index (χ3n) is 2.36. The van der Waals surface area contributed by atoms with Gasteiger partial charge in [-0.25, -0.2) is 9.78 Å². The lowest BCUT2D eigenvalue weighted by Gasteiger charge is -2.07. The third kappa shape index (κ3) is 3.29. The maximum Gasteiger partial charge on any atom is 0.346 e. The number of benzene rings is 1. The molecule has 96 valence electrons. The largest absolute Gasteiger partial charge is 0.346 e. The lowest BCUT2D eigenvalue weighted by atomic mass is 10.2. The summed E-state index contributed by atoms with van der Waals surface area (Å²) in [6.45, 7) is 0. The highest BCUT2D eigenvalue weighted by molar-refractivity contribution is 6.27. The van der Waals surface area contributed by atoms with E-state index in [4.69, 9.17) is 11.6 Å². The molecule has 0 fully saturated rings. The maximum absolute atomic E-state index is 12.0. The van der Waals surface area contributed by atoms with Crippen LogP contribution >= 0.6 is 11.6 Å². The van der Waals surface area contributed by atoms with Gasteiger partial charge in [0.2, 0.25) is 0 Å². The molecule has 6 heteroatoms.